The molecule has 2 N–H and O–H groups in total. The summed E-state index contributed by atoms with van der Waals surface area (Å²) in [6.45, 7) is 4.49. The number of aliphatic hydroxyl groups excluding tert-OH is 1. The molecule has 0 fully saturated rings. The van der Waals surface area contributed by atoms with Crippen molar-refractivity contribution in [1.82, 2.24) is 0 Å². The largest absolute Gasteiger partial charge is 0.491 e. The third kappa shape index (κ3) is 5.08. The smallest absolute Gasteiger partial charge is 0.125 e. The number of nitrogens with one attached hydrogen (secondary N) is 1. The van der Waals surface area contributed by atoms with Crippen LogP contribution in [0.15, 0.2) is 42.5 Å². The Kier molecular flexibility index (Phi) is 5.17. The van der Waals surface area contributed by atoms with Gasteiger partial charge in [0.25, 0.3) is 0 Å². The summed E-state index contributed by atoms with van der Waals surface area (Å²) in [5.74, 6) is 0.443. The van der Waals surface area contributed by atoms with Gasteiger partial charge in [0.05, 0.1) is 0 Å². The molecule has 0 aliphatic rings. The van der Waals surface area contributed by atoms with Gasteiger partial charge >= 0.3 is 0 Å². The Morgan fingerprint density at radius 3 is 2.52 bits per heavy atom. The van der Waals surface area contributed by atoms with Crippen molar-refractivity contribution in [2.24, 2.45) is 0 Å². The summed E-state index contributed by atoms with van der Waals surface area (Å²) in [7, 11) is 0. The van der Waals surface area contributed by atoms with Crippen LogP contribution in [0.1, 0.15) is 11.1 Å². The molecule has 0 saturated heterocycles. The second-order valence-electron chi connectivity index (χ2n) is 5.18. The van der Waals surface area contributed by atoms with Crippen molar-refractivity contribution in [3.05, 3.63) is 59.4 Å². The van der Waals surface area contributed by atoms with E-state index in [1.165, 1.54) is 12.1 Å². The SMILES string of the molecule is Cc1cc(C)cc(OCC(O)CNc2cccc(F)c2)c1. The number of halogens is 1. The zero-order valence-electron chi connectivity index (χ0n) is 12.3. The number of ether oxygens (including phenoxy) is 1. The molecular formula is C17H20FNO2. The van der Waals surface area contributed by atoms with Crippen molar-refractivity contribution in [2.75, 3.05) is 18.5 Å². The van der Waals surface area contributed by atoms with Crippen LogP contribution in [0.2, 0.25) is 0 Å². The van der Waals surface area contributed by atoms with Crippen molar-refractivity contribution in [3.8, 4) is 5.75 Å². The van der Waals surface area contributed by atoms with Gasteiger partial charge in [0.2, 0.25) is 0 Å². The summed E-state index contributed by atoms with van der Waals surface area (Å²) in [6, 6.07) is 12.1. The van der Waals surface area contributed by atoms with Gasteiger partial charge in [-0.25, -0.2) is 4.39 Å². The minimum atomic E-state index is -0.672. The predicted molar refractivity (Wildman–Crippen MR) is 82.3 cm³/mol. The Balaban J connectivity index is 1.80. The molecule has 0 saturated carbocycles. The molecule has 0 spiro atoms. The van der Waals surface area contributed by atoms with Gasteiger partial charge < -0.3 is 15.2 Å². The van der Waals surface area contributed by atoms with Crippen LogP contribution in [0, 0.1) is 19.7 Å². The molecule has 0 amide bonds. The van der Waals surface area contributed by atoms with Gasteiger partial charge in [0.15, 0.2) is 0 Å². The highest BCUT2D eigenvalue weighted by Crippen LogP contribution is 2.16. The molecule has 112 valence electrons. The zero-order chi connectivity index (χ0) is 15.2. The molecule has 0 bridgehead atoms. The average molecular weight is 289 g/mol. The molecule has 0 aliphatic heterocycles. The van der Waals surface area contributed by atoms with Crippen molar-refractivity contribution in [3.63, 3.8) is 0 Å². The Bertz CT molecular complexity index is 581. The fourth-order valence-electron chi connectivity index (χ4n) is 2.10. The maximum atomic E-state index is 13.0. The van der Waals surface area contributed by atoms with E-state index in [0.29, 0.717) is 12.2 Å². The van der Waals surface area contributed by atoms with E-state index in [9.17, 15) is 9.50 Å². The third-order valence-corrected chi connectivity index (χ3v) is 3.00. The Morgan fingerprint density at radius 1 is 1.14 bits per heavy atom. The first-order chi connectivity index (χ1) is 10.0. The molecule has 3 nitrogen and oxygen atoms in total. The van der Waals surface area contributed by atoms with E-state index in [-0.39, 0.29) is 12.4 Å². The molecule has 0 heterocycles. The molecule has 1 atom stereocenters. The van der Waals surface area contributed by atoms with Crippen LogP contribution in [0.5, 0.6) is 5.75 Å². The highest BCUT2D eigenvalue weighted by atomic mass is 19.1. The van der Waals surface area contributed by atoms with Gasteiger partial charge in [0, 0.05) is 12.2 Å². The standard InChI is InChI=1S/C17H20FNO2/c1-12-6-13(2)8-17(7-12)21-11-16(20)10-19-15-5-3-4-14(18)9-15/h3-9,16,19-20H,10-11H2,1-2H3. The van der Waals surface area contributed by atoms with Gasteiger partial charge in [-0.3, -0.25) is 0 Å². The van der Waals surface area contributed by atoms with E-state index < -0.39 is 6.10 Å². The summed E-state index contributed by atoms with van der Waals surface area (Å²) in [5.41, 5.74) is 2.88. The van der Waals surface area contributed by atoms with E-state index in [1.807, 2.05) is 26.0 Å². The molecule has 0 radical (unpaired) electrons. The van der Waals surface area contributed by atoms with E-state index in [4.69, 9.17) is 4.74 Å². The first-order valence-electron chi connectivity index (χ1n) is 6.91. The van der Waals surface area contributed by atoms with Gasteiger partial charge in [-0.1, -0.05) is 12.1 Å². The Morgan fingerprint density at radius 2 is 1.86 bits per heavy atom. The van der Waals surface area contributed by atoms with Crippen molar-refractivity contribution >= 4 is 5.69 Å². The van der Waals surface area contributed by atoms with Gasteiger partial charge in [-0.2, -0.15) is 0 Å². The number of hydrogen-bond acceptors (Lipinski definition) is 3. The van der Waals surface area contributed by atoms with Crippen LogP contribution >= 0.6 is 0 Å². The predicted octanol–water partition coefficient (Wildman–Crippen LogP) is 3.29. The molecule has 4 heteroatoms. The van der Waals surface area contributed by atoms with Gasteiger partial charge in [-0.05, 0) is 55.3 Å². The van der Waals surface area contributed by atoms with Gasteiger partial charge in [-0.15, -0.1) is 0 Å². The molecule has 2 rings (SSSR count). The maximum absolute atomic E-state index is 13.0. The monoisotopic (exact) mass is 289 g/mol. The lowest BCUT2D eigenvalue weighted by Gasteiger charge is -2.14. The minimum Gasteiger partial charge on any atom is -0.491 e. The van der Waals surface area contributed by atoms with E-state index in [2.05, 4.69) is 11.4 Å². The fraction of sp³-hybridized carbons (Fsp3) is 0.294. The van der Waals surface area contributed by atoms with E-state index in [0.717, 1.165) is 16.9 Å². The Labute approximate surface area is 124 Å². The molecule has 0 aromatic heterocycles. The minimum absolute atomic E-state index is 0.186. The number of hydrogen-bond donors (Lipinski definition) is 2. The summed E-state index contributed by atoms with van der Waals surface area (Å²) in [5, 5.41) is 12.9. The van der Waals surface area contributed by atoms with Gasteiger partial charge in [0.1, 0.15) is 24.3 Å². The van der Waals surface area contributed by atoms with E-state index in [1.54, 1.807) is 12.1 Å². The highest BCUT2D eigenvalue weighted by molar-refractivity contribution is 5.43. The zero-order valence-corrected chi connectivity index (χ0v) is 12.3. The van der Waals surface area contributed by atoms with Crippen LogP contribution < -0.4 is 10.1 Å². The molecule has 0 aliphatic carbocycles. The Hall–Kier alpha value is -2.07. The first kappa shape index (κ1) is 15.3. The lowest BCUT2D eigenvalue weighted by atomic mass is 10.1. The normalized spacial score (nSPS) is 12.0. The van der Waals surface area contributed by atoms with Crippen molar-refractivity contribution < 1.29 is 14.2 Å². The molecule has 1 unspecified atom stereocenters. The van der Waals surface area contributed by atoms with Crippen molar-refractivity contribution in [1.29, 1.82) is 0 Å². The summed E-state index contributed by atoms with van der Waals surface area (Å²) >= 11 is 0. The lowest BCUT2D eigenvalue weighted by molar-refractivity contribution is 0.117. The van der Waals surface area contributed by atoms with Crippen LogP contribution in [0.25, 0.3) is 0 Å². The quantitative estimate of drug-likeness (QED) is 0.857. The summed E-state index contributed by atoms with van der Waals surface area (Å²) in [4.78, 5) is 0. The second kappa shape index (κ2) is 7.09. The number of benzene rings is 2. The first-order valence-corrected chi connectivity index (χ1v) is 6.91. The van der Waals surface area contributed by atoms with Crippen LogP contribution in [0.3, 0.4) is 0 Å². The van der Waals surface area contributed by atoms with Crippen LogP contribution in [-0.2, 0) is 0 Å². The molecule has 21 heavy (non-hydrogen) atoms. The lowest BCUT2D eigenvalue weighted by Crippen LogP contribution is -2.26. The van der Waals surface area contributed by atoms with E-state index >= 15 is 0 Å². The molecular weight excluding hydrogens is 269 g/mol. The number of rotatable bonds is 6. The average Bonchev–Trinajstić information content (AvgIpc) is 2.42. The van der Waals surface area contributed by atoms with Crippen LogP contribution in [0.4, 0.5) is 10.1 Å². The topological polar surface area (TPSA) is 41.5 Å². The summed E-state index contributed by atoms with van der Waals surface area (Å²) in [6.07, 6.45) is -0.672. The number of aryl methyl sites for hydroxylation is 2. The third-order valence-electron chi connectivity index (χ3n) is 3.00. The fourth-order valence-corrected chi connectivity index (χ4v) is 2.10. The highest BCUT2D eigenvalue weighted by Gasteiger charge is 2.06. The van der Waals surface area contributed by atoms with Crippen molar-refractivity contribution in [2.45, 2.75) is 20.0 Å². The number of aliphatic hydroxyl groups is 1. The van der Waals surface area contributed by atoms with Crippen LogP contribution in [-0.4, -0.2) is 24.4 Å². The molecule has 2 aromatic carbocycles. The summed E-state index contributed by atoms with van der Waals surface area (Å²) < 4.78 is 18.6. The maximum Gasteiger partial charge on any atom is 0.125 e. The number of anilines is 1. The second-order valence-corrected chi connectivity index (χ2v) is 5.18. The molecule has 2 aromatic rings.